The van der Waals surface area contributed by atoms with E-state index in [-0.39, 0.29) is 24.1 Å². The first kappa shape index (κ1) is 17.3. The number of aromatic nitrogens is 3. The van der Waals surface area contributed by atoms with Crippen molar-refractivity contribution < 1.29 is 14.0 Å². The number of benzene rings is 1. The Bertz CT molecular complexity index is 955. The second kappa shape index (κ2) is 7.28. The molecule has 1 aromatic carbocycles. The van der Waals surface area contributed by atoms with Gasteiger partial charge in [0, 0.05) is 42.8 Å². The Hall–Kier alpha value is -3.07. The normalized spacial score (nSPS) is 16.7. The van der Waals surface area contributed by atoms with Crippen LogP contribution in [0.15, 0.2) is 48.2 Å². The highest BCUT2D eigenvalue weighted by atomic mass is 32.1. The van der Waals surface area contributed by atoms with Crippen molar-refractivity contribution in [2.45, 2.75) is 13.0 Å². The average molecular weight is 385 g/mol. The Morgan fingerprint density at radius 2 is 2.15 bits per heavy atom. The second-order valence-electron chi connectivity index (χ2n) is 6.21. The molecule has 1 unspecified atom stereocenters. The Morgan fingerprint density at radius 1 is 1.33 bits per heavy atom. The summed E-state index contributed by atoms with van der Waals surface area (Å²) in [7, 11) is 0. The molecule has 0 bridgehead atoms. The van der Waals surface area contributed by atoms with Gasteiger partial charge >= 0.3 is 0 Å². The van der Waals surface area contributed by atoms with Crippen molar-refractivity contribution in [2.24, 2.45) is 5.92 Å². The predicted molar refractivity (Wildman–Crippen MR) is 97.9 cm³/mol. The van der Waals surface area contributed by atoms with Crippen LogP contribution < -0.4 is 10.2 Å². The van der Waals surface area contributed by atoms with Crippen LogP contribution in [0.5, 0.6) is 0 Å². The fourth-order valence-corrected chi connectivity index (χ4v) is 3.61. The summed E-state index contributed by atoms with van der Waals surface area (Å²) in [6.45, 7) is 0.648. The van der Waals surface area contributed by atoms with E-state index in [1.165, 1.54) is 23.5 Å². The van der Waals surface area contributed by atoms with Crippen LogP contribution in [0.25, 0.3) is 5.69 Å². The number of nitrogens with one attached hydrogen (secondary N) is 1. The first-order valence-corrected chi connectivity index (χ1v) is 9.25. The molecule has 0 saturated carbocycles. The van der Waals surface area contributed by atoms with Crippen LogP contribution in [0, 0.1) is 11.7 Å². The molecule has 3 aromatic rings. The Kier molecular flexibility index (Phi) is 4.68. The quantitative estimate of drug-likeness (QED) is 0.730. The van der Waals surface area contributed by atoms with Gasteiger partial charge in [-0.3, -0.25) is 14.5 Å². The minimum absolute atomic E-state index is 0.0887. The second-order valence-corrected chi connectivity index (χ2v) is 7.08. The van der Waals surface area contributed by atoms with E-state index in [4.69, 9.17) is 0 Å². The summed E-state index contributed by atoms with van der Waals surface area (Å²) in [6.07, 6.45) is 5.24. The van der Waals surface area contributed by atoms with Crippen LogP contribution in [0.2, 0.25) is 0 Å². The molecule has 3 heterocycles. The summed E-state index contributed by atoms with van der Waals surface area (Å²) in [6, 6.07) is 5.98. The third-order valence-electron chi connectivity index (χ3n) is 4.34. The molecule has 27 heavy (non-hydrogen) atoms. The zero-order chi connectivity index (χ0) is 18.8. The van der Waals surface area contributed by atoms with E-state index in [9.17, 15) is 14.0 Å². The standard InChI is InChI=1S/C18H16FN5O2S/c19-14-1-3-15(4-2-14)24-10-12(9-22-24)8-21-17(26)13-7-16(25)23(11-13)18-20-5-6-27-18/h1-6,9-10,13H,7-8,11H2,(H,21,26). The average Bonchev–Trinajstić information content (AvgIpc) is 3.41. The van der Waals surface area contributed by atoms with E-state index in [2.05, 4.69) is 15.4 Å². The minimum Gasteiger partial charge on any atom is -0.352 e. The molecule has 138 valence electrons. The molecule has 1 fully saturated rings. The molecule has 9 heteroatoms. The number of carbonyl (C=O) groups excluding carboxylic acids is 2. The maximum absolute atomic E-state index is 13.0. The van der Waals surface area contributed by atoms with Crippen LogP contribution in [0.1, 0.15) is 12.0 Å². The van der Waals surface area contributed by atoms with Crippen molar-refractivity contribution in [2.75, 3.05) is 11.4 Å². The number of hydrogen-bond donors (Lipinski definition) is 1. The number of halogens is 1. The largest absolute Gasteiger partial charge is 0.352 e. The fourth-order valence-electron chi connectivity index (χ4n) is 2.94. The van der Waals surface area contributed by atoms with Gasteiger partial charge in [0.05, 0.1) is 17.8 Å². The van der Waals surface area contributed by atoms with Gasteiger partial charge in [-0.05, 0) is 24.3 Å². The molecule has 2 aromatic heterocycles. The third-order valence-corrected chi connectivity index (χ3v) is 5.13. The number of rotatable bonds is 5. The molecule has 1 saturated heterocycles. The maximum atomic E-state index is 13.0. The molecule has 4 rings (SSSR count). The smallest absolute Gasteiger partial charge is 0.229 e. The van der Waals surface area contributed by atoms with Crippen molar-refractivity contribution >= 4 is 28.3 Å². The van der Waals surface area contributed by atoms with Crippen molar-refractivity contribution in [3.8, 4) is 5.69 Å². The van der Waals surface area contributed by atoms with Gasteiger partial charge < -0.3 is 5.32 Å². The van der Waals surface area contributed by atoms with E-state index in [0.29, 0.717) is 18.2 Å². The van der Waals surface area contributed by atoms with Crippen molar-refractivity contribution in [3.63, 3.8) is 0 Å². The lowest BCUT2D eigenvalue weighted by Crippen LogP contribution is -2.32. The number of thiazole rings is 1. The van der Waals surface area contributed by atoms with Gasteiger partial charge in [-0.15, -0.1) is 11.3 Å². The van der Waals surface area contributed by atoms with E-state index >= 15 is 0 Å². The molecule has 7 nitrogen and oxygen atoms in total. The zero-order valence-electron chi connectivity index (χ0n) is 14.2. The molecule has 0 radical (unpaired) electrons. The van der Waals surface area contributed by atoms with Crippen LogP contribution in [-0.2, 0) is 16.1 Å². The topological polar surface area (TPSA) is 80.1 Å². The van der Waals surface area contributed by atoms with Crippen molar-refractivity contribution in [3.05, 3.63) is 59.6 Å². The lowest BCUT2D eigenvalue weighted by molar-refractivity contribution is -0.126. The predicted octanol–water partition coefficient (Wildman–Crippen LogP) is 2.14. The van der Waals surface area contributed by atoms with Crippen LogP contribution in [0.3, 0.4) is 0 Å². The lowest BCUT2D eigenvalue weighted by atomic mass is 10.1. The number of nitrogens with zero attached hydrogens (tertiary/aromatic N) is 4. The van der Waals surface area contributed by atoms with Gasteiger partial charge in [-0.25, -0.2) is 14.1 Å². The lowest BCUT2D eigenvalue weighted by Gasteiger charge is -2.12. The van der Waals surface area contributed by atoms with Gasteiger partial charge in [0.25, 0.3) is 0 Å². The van der Waals surface area contributed by atoms with Crippen LogP contribution in [0.4, 0.5) is 9.52 Å². The summed E-state index contributed by atoms with van der Waals surface area (Å²) in [4.78, 5) is 30.2. The summed E-state index contributed by atoms with van der Waals surface area (Å²) in [5, 5.41) is 9.50. The van der Waals surface area contributed by atoms with Gasteiger partial charge in [0.1, 0.15) is 5.82 Å². The van der Waals surface area contributed by atoms with Gasteiger partial charge in [-0.2, -0.15) is 5.10 Å². The zero-order valence-corrected chi connectivity index (χ0v) is 15.0. The number of amides is 2. The Morgan fingerprint density at radius 3 is 2.89 bits per heavy atom. The van der Waals surface area contributed by atoms with Crippen LogP contribution in [-0.4, -0.2) is 33.1 Å². The van der Waals surface area contributed by atoms with Gasteiger partial charge in [0.15, 0.2) is 5.13 Å². The number of carbonyl (C=O) groups is 2. The first-order chi connectivity index (χ1) is 13.1. The molecule has 1 aliphatic heterocycles. The summed E-state index contributed by atoms with van der Waals surface area (Å²) < 4.78 is 14.6. The van der Waals surface area contributed by atoms with Gasteiger partial charge in [-0.1, -0.05) is 0 Å². The highest BCUT2D eigenvalue weighted by molar-refractivity contribution is 7.13. The molecule has 1 N–H and O–H groups in total. The minimum atomic E-state index is -0.395. The van der Waals surface area contributed by atoms with Crippen molar-refractivity contribution in [1.29, 1.82) is 0 Å². The summed E-state index contributed by atoms with van der Waals surface area (Å²) in [5.41, 5.74) is 1.54. The van der Waals surface area contributed by atoms with E-state index in [1.807, 2.05) is 0 Å². The van der Waals surface area contributed by atoms with E-state index in [1.54, 1.807) is 45.7 Å². The molecule has 2 amide bonds. The fraction of sp³-hybridized carbons (Fsp3) is 0.222. The van der Waals surface area contributed by atoms with E-state index < -0.39 is 5.92 Å². The number of anilines is 1. The highest BCUT2D eigenvalue weighted by Gasteiger charge is 2.36. The van der Waals surface area contributed by atoms with E-state index in [0.717, 1.165) is 11.3 Å². The molecule has 0 aliphatic carbocycles. The molecule has 0 spiro atoms. The Labute approximate surface area is 158 Å². The molecular weight excluding hydrogens is 369 g/mol. The van der Waals surface area contributed by atoms with Gasteiger partial charge in [0.2, 0.25) is 11.8 Å². The first-order valence-electron chi connectivity index (χ1n) is 8.37. The SMILES string of the molecule is O=C(NCc1cnn(-c2ccc(F)cc2)c1)C1CC(=O)N(c2nccs2)C1. The molecule has 1 atom stereocenters. The molecular formula is C18H16FN5O2S. The Balaban J connectivity index is 1.35. The highest BCUT2D eigenvalue weighted by Crippen LogP contribution is 2.26. The van der Waals surface area contributed by atoms with Crippen molar-refractivity contribution in [1.82, 2.24) is 20.1 Å². The van der Waals surface area contributed by atoms with Crippen LogP contribution >= 0.6 is 11.3 Å². The third kappa shape index (κ3) is 3.72. The summed E-state index contributed by atoms with van der Waals surface area (Å²) >= 11 is 1.38. The molecule has 1 aliphatic rings. The summed E-state index contributed by atoms with van der Waals surface area (Å²) in [5.74, 6) is -0.962. The monoisotopic (exact) mass is 385 g/mol. The number of hydrogen-bond acceptors (Lipinski definition) is 5. The maximum Gasteiger partial charge on any atom is 0.229 e.